The third-order valence-corrected chi connectivity index (χ3v) is 4.80. The normalized spacial score (nSPS) is 10.9. The lowest BCUT2D eigenvalue weighted by Crippen LogP contribution is -2.18. The maximum absolute atomic E-state index is 12.0. The molecule has 24 heavy (non-hydrogen) atoms. The van der Waals surface area contributed by atoms with Crippen LogP contribution in [0.15, 0.2) is 66.9 Å². The molecule has 4 aromatic rings. The van der Waals surface area contributed by atoms with Crippen LogP contribution in [0.1, 0.15) is 9.67 Å². The van der Waals surface area contributed by atoms with Gasteiger partial charge in [0.2, 0.25) is 0 Å². The van der Waals surface area contributed by atoms with E-state index in [0.717, 1.165) is 22.5 Å². The third-order valence-electron chi connectivity index (χ3n) is 3.75. The molecular weight excluding hydrogens is 322 g/mol. The first kappa shape index (κ1) is 14.6. The second kappa shape index (κ2) is 5.92. The van der Waals surface area contributed by atoms with E-state index in [1.807, 2.05) is 71.3 Å². The van der Waals surface area contributed by atoms with Gasteiger partial charge in [0.05, 0.1) is 11.4 Å². The monoisotopic (exact) mass is 335 g/mol. The Morgan fingerprint density at radius 1 is 1.00 bits per heavy atom. The van der Waals surface area contributed by atoms with Gasteiger partial charge in [-0.3, -0.25) is 14.4 Å². The fourth-order valence-corrected chi connectivity index (χ4v) is 3.68. The zero-order valence-corrected chi connectivity index (χ0v) is 13.3. The number of hydrogen-bond acceptors (Lipinski definition) is 4. The lowest BCUT2D eigenvalue weighted by atomic mass is 10.1. The van der Waals surface area contributed by atoms with E-state index in [-0.39, 0.29) is 0 Å². The van der Waals surface area contributed by atoms with Gasteiger partial charge in [-0.15, -0.1) is 0 Å². The average molecular weight is 335 g/mol. The molecule has 0 aliphatic rings. The summed E-state index contributed by atoms with van der Waals surface area (Å²) in [6.07, 6.45) is 1.91. The van der Waals surface area contributed by atoms with Gasteiger partial charge in [0.25, 0.3) is 5.91 Å². The number of nitrogens with one attached hydrogen (secondary N) is 1. The van der Waals surface area contributed by atoms with Crippen molar-refractivity contribution in [2.75, 3.05) is 0 Å². The fourth-order valence-electron chi connectivity index (χ4n) is 2.66. The van der Waals surface area contributed by atoms with Gasteiger partial charge in [-0.2, -0.15) is 0 Å². The van der Waals surface area contributed by atoms with E-state index >= 15 is 0 Å². The predicted octanol–water partition coefficient (Wildman–Crippen LogP) is 3.85. The number of fused-ring (bicyclic) bond motifs is 1. The number of carbonyl (C=O) groups excluding carboxylic acids is 1. The molecule has 2 aromatic heterocycles. The molecule has 2 heterocycles. The fraction of sp³-hybridized carbons (Fsp3) is 0. The summed E-state index contributed by atoms with van der Waals surface area (Å²) >= 11 is 1.25. The van der Waals surface area contributed by atoms with Crippen molar-refractivity contribution in [3.05, 3.63) is 71.7 Å². The molecule has 0 bridgehead atoms. The molecular formula is C18H13N3O2S. The number of benzene rings is 2. The molecule has 0 atom stereocenters. The van der Waals surface area contributed by atoms with Crippen LogP contribution < -0.4 is 5.48 Å². The minimum atomic E-state index is -0.536. The maximum atomic E-state index is 12.0. The van der Waals surface area contributed by atoms with Crippen LogP contribution in [0.4, 0.5) is 0 Å². The van der Waals surface area contributed by atoms with E-state index in [1.165, 1.54) is 11.3 Å². The molecule has 6 heteroatoms. The number of imidazole rings is 1. The number of carbonyl (C=O) groups is 1. The van der Waals surface area contributed by atoms with Crippen molar-refractivity contribution in [3.8, 4) is 22.5 Å². The SMILES string of the molecule is O=C(NO)c1sc2nc(-c3ccccc3)cn2c1-c1ccccc1. The molecule has 0 aliphatic carbocycles. The molecule has 2 N–H and O–H groups in total. The van der Waals surface area contributed by atoms with Gasteiger partial charge in [0.1, 0.15) is 4.88 Å². The minimum absolute atomic E-state index is 0.422. The molecule has 1 amide bonds. The van der Waals surface area contributed by atoms with E-state index in [4.69, 9.17) is 5.21 Å². The lowest BCUT2D eigenvalue weighted by molar-refractivity contribution is 0.0711. The number of hydroxylamine groups is 1. The number of rotatable bonds is 3. The summed E-state index contributed by atoms with van der Waals surface area (Å²) in [6, 6.07) is 19.5. The van der Waals surface area contributed by atoms with Crippen molar-refractivity contribution >= 4 is 22.2 Å². The summed E-state index contributed by atoms with van der Waals surface area (Å²) in [4.78, 5) is 17.8. The molecule has 0 spiro atoms. The molecule has 0 radical (unpaired) electrons. The smallest absolute Gasteiger partial charge is 0.287 e. The third kappa shape index (κ3) is 2.38. The Labute approximate surface area is 141 Å². The van der Waals surface area contributed by atoms with Crippen LogP contribution in [0.25, 0.3) is 27.5 Å². The summed E-state index contributed by atoms with van der Waals surface area (Å²) in [5.74, 6) is -0.536. The van der Waals surface area contributed by atoms with Crippen LogP contribution >= 0.6 is 11.3 Å². The predicted molar refractivity (Wildman–Crippen MR) is 93.2 cm³/mol. The van der Waals surface area contributed by atoms with E-state index in [2.05, 4.69) is 4.98 Å². The highest BCUT2D eigenvalue weighted by atomic mass is 32.1. The number of nitrogens with zero attached hydrogens (tertiary/aromatic N) is 2. The van der Waals surface area contributed by atoms with Crippen molar-refractivity contribution < 1.29 is 10.0 Å². The van der Waals surface area contributed by atoms with Crippen molar-refractivity contribution in [1.29, 1.82) is 0 Å². The maximum Gasteiger partial charge on any atom is 0.287 e. The van der Waals surface area contributed by atoms with Gasteiger partial charge in [0, 0.05) is 17.3 Å². The first-order valence-electron chi connectivity index (χ1n) is 7.35. The summed E-state index contributed by atoms with van der Waals surface area (Å²) in [7, 11) is 0. The summed E-state index contributed by atoms with van der Waals surface area (Å²) in [5.41, 5.74) is 5.18. The quantitative estimate of drug-likeness (QED) is 0.441. The van der Waals surface area contributed by atoms with Crippen molar-refractivity contribution in [2.45, 2.75) is 0 Å². The highest BCUT2D eigenvalue weighted by Crippen LogP contribution is 2.33. The van der Waals surface area contributed by atoms with Crippen LogP contribution in [-0.4, -0.2) is 20.5 Å². The number of hydrogen-bond donors (Lipinski definition) is 2. The topological polar surface area (TPSA) is 66.6 Å². The highest BCUT2D eigenvalue weighted by Gasteiger charge is 2.21. The molecule has 118 valence electrons. The average Bonchev–Trinajstić information content (AvgIpc) is 3.20. The molecule has 0 aliphatic heterocycles. The Balaban J connectivity index is 1.95. The summed E-state index contributed by atoms with van der Waals surface area (Å²) in [5, 5.41) is 9.03. The van der Waals surface area contributed by atoms with Gasteiger partial charge < -0.3 is 0 Å². The second-order valence-corrected chi connectivity index (χ2v) is 6.21. The Kier molecular flexibility index (Phi) is 3.60. The van der Waals surface area contributed by atoms with Crippen molar-refractivity contribution in [2.24, 2.45) is 0 Å². The molecule has 0 fully saturated rings. The Morgan fingerprint density at radius 3 is 2.25 bits per heavy atom. The van der Waals surface area contributed by atoms with Gasteiger partial charge in [0.15, 0.2) is 4.96 Å². The number of thiazole rings is 1. The number of aromatic nitrogens is 2. The Bertz CT molecular complexity index is 1010. The first-order valence-corrected chi connectivity index (χ1v) is 8.17. The van der Waals surface area contributed by atoms with Crippen LogP contribution in [0.2, 0.25) is 0 Å². The first-order chi connectivity index (χ1) is 11.8. The van der Waals surface area contributed by atoms with E-state index in [9.17, 15) is 4.79 Å². The Morgan fingerprint density at radius 2 is 1.62 bits per heavy atom. The van der Waals surface area contributed by atoms with Gasteiger partial charge in [-0.1, -0.05) is 72.0 Å². The zero-order chi connectivity index (χ0) is 16.5. The van der Waals surface area contributed by atoms with E-state index in [0.29, 0.717) is 9.84 Å². The van der Waals surface area contributed by atoms with Gasteiger partial charge in [-0.05, 0) is 0 Å². The molecule has 0 unspecified atom stereocenters. The largest absolute Gasteiger partial charge is 0.289 e. The molecule has 0 saturated heterocycles. The molecule has 2 aromatic carbocycles. The van der Waals surface area contributed by atoms with Gasteiger partial charge in [-0.25, -0.2) is 10.5 Å². The molecule has 5 nitrogen and oxygen atoms in total. The van der Waals surface area contributed by atoms with Crippen molar-refractivity contribution in [1.82, 2.24) is 14.9 Å². The van der Waals surface area contributed by atoms with E-state index < -0.39 is 5.91 Å². The van der Waals surface area contributed by atoms with E-state index in [1.54, 1.807) is 5.48 Å². The van der Waals surface area contributed by atoms with Crippen LogP contribution in [-0.2, 0) is 0 Å². The van der Waals surface area contributed by atoms with Crippen LogP contribution in [0.3, 0.4) is 0 Å². The molecule has 0 saturated carbocycles. The minimum Gasteiger partial charge on any atom is -0.289 e. The van der Waals surface area contributed by atoms with Crippen molar-refractivity contribution in [3.63, 3.8) is 0 Å². The Hall–Kier alpha value is -2.96. The van der Waals surface area contributed by atoms with Crippen LogP contribution in [0, 0.1) is 0 Å². The zero-order valence-electron chi connectivity index (χ0n) is 12.5. The molecule has 4 rings (SSSR count). The highest BCUT2D eigenvalue weighted by molar-refractivity contribution is 7.19. The second-order valence-electron chi connectivity index (χ2n) is 5.23. The summed E-state index contributed by atoms with van der Waals surface area (Å²) < 4.78 is 1.90. The van der Waals surface area contributed by atoms with Gasteiger partial charge >= 0.3 is 0 Å². The number of amides is 1. The standard InChI is InChI=1S/C18H13N3O2S/c22-17(20-23)16-15(13-9-5-2-6-10-13)21-11-14(19-18(21)24-16)12-7-3-1-4-8-12/h1-11,23H,(H,20,22). The lowest BCUT2D eigenvalue weighted by Gasteiger charge is -2.03. The summed E-state index contributed by atoms with van der Waals surface area (Å²) in [6.45, 7) is 0. The van der Waals surface area contributed by atoms with Crippen LogP contribution in [0.5, 0.6) is 0 Å².